The van der Waals surface area contributed by atoms with Gasteiger partial charge in [0.05, 0.1) is 20.9 Å². The van der Waals surface area contributed by atoms with Crippen LogP contribution in [-0.2, 0) is 9.84 Å². The van der Waals surface area contributed by atoms with E-state index < -0.39 is 9.84 Å². The van der Waals surface area contributed by atoms with Crippen molar-refractivity contribution < 1.29 is 13.2 Å². The first-order valence-corrected chi connectivity index (χ1v) is 11.1. The van der Waals surface area contributed by atoms with E-state index in [0.717, 1.165) is 16.7 Å². The molecule has 0 fully saturated rings. The third-order valence-electron chi connectivity index (χ3n) is 5.34. The van der Waals surface area contributed by atoms with Gasteiger partial charge in [-0.3, -0.25) is 9.78 Å². The molecule has 0 bridgehead atoms. The van der Waals surface area contributed by atoms with Crippen LogP contribution >= 0.6 is 0 Å². The summed E-state index contributed by atoms with van der Waals surface area (Å²) in [6, 6.07) is 19.1. The Hall–Kier alpha value is -3.31. The molecular weight excluding hydrogens is 394 g/mol. The fraction of sp³-hybridized carbons (Fsp3) is 0.120. The Labute approximate surface area is 176 Å². The Bertz CT molecular complexity index is 1390. The van der Waals surface area contributed by atoms with E-state index in [2.05, 4.69) is 4.98 Å². The largest absolute Gasteiger partial charge is 0.289 e. The highest BCUT2D eigenvalue weighted by Crippen LogP contribution is 2.32. The number of benzene rings is 3. The molecule has 0 aliphatic rings. The summed E-state index contributed by atoms with van der Waals surface area (Å²) >= 11 is 0. The van der Waals surface area contributed by atoms with E-state index in [9.17, 15) is 13.2 Å². The van der Waals surface area contributed by atoms with Crippen molar-refractivity contribution in [2.45, 2.75) is 30.6 Å². The van der Waals surface area contributed by atoms with Gasteiger partial charge >= 0.3 is 0 Å². The van der Waals surface area contributed by atoms with Gasteiger partial charge in [-0.15, -0.1) is 0 Å². The lowest BCUT2D eigenvalue weighted by Gasteiger charge is -2.14. The van der Waals surface area contributed by atoms with Crippen molar-refractivity contribution in [2.24, 2.45) is 0 Å². The summed E-state index contributed by atoms with van der Waals surface area (Å²) in [4.78, 5) is 17.8. The first kappa shape index (κ1) is 20.0. The minimum absolute atomic E-state index is 0.00179. The van der Waals surface area contributed by atoms with Crippen molar-refractivity contribution in [3.8, 4) is 0 Å². The van der Waals surface area contributed by atoms with Crippen LogP contribution in [0, 0.1) is 20.8 Å². The summed E-state index contributed by atoms with van der Waals surface area (Å²) in [5.74, 6) is -0.365. The average molecular weight is 416 g/mol. The number of aromatic nitrogens is 1. The summed E-state index contributed by atoms with van der Waals surface area (Å²) < 4.78 is 27.5. The zero-order valence-corrected chi connectivity index (χ0v) is 17.8. The van der Waals surface area contributed by atoms with Crippen molar-refractivity contribution in [2.75, 3.05) is 0 Å². The normalized spacial score (nSPS) is 11.6. The molecule has 0 amide bonds. The van der Waals surface area contributed by atoms with Crippen LogP contribution in [0.1, 0.15) is 32.6 Å². The van der Waals surface area contributed by atoms with Crippen LogP contribution in [-0.4, -0.2) is 19.2 Å². The van der Waals surface area contributed by atoms with Gasteiger partial charge in [0.2, 0.25) is 9.84 Å². The van der Waals surface area contributed by atoms with Gasteiger partial charge in [0.25, 0.3) is 0 Å². The van der Waals surface area contributed by atoms with E-state index in [1.54, 1.807) is 54.6 Å². The van der Waals surface area contributed by atoms with Crippen LogP contribution in [0.15, 0.2) is 82.7 Å². The monoisotopic (exact) mass is 415 g/mol. The second-order valence-corrected chi connectivity index (χ2v) is 9.35. The molecule has 3 aromatic carbocycles. The number of carbonyl (C=O) groups is 1. The molecule has 4 rings (SSSR count). The van der Waals surface area contributed by atoms with Crippen LogP contribution < -0.4 is 0 Å². The van der Waals surface area contributed by atoms with E-state index in [1.165, 1.54) is 6.20 Å². The standard InChI is InChI=1S/C25H21NO3S/c1-16-8-11-19(12-9-16)24(27)22-15-26-23-7-5-4-6-21(23)25(22)30(28,29)20-13-10-17(2)18(3)14-20/h4-15H,1-3H3. The van der Waals surface area contributed by atoms with Gasteiger partial charge < -0.3 is 0 Å². The third kappa shape index (κ3) is 3.42. The number of para-hydroxylation sites is 1. The molecule has 5 heteroatoms. The highest BCUT2D eigenvalue weighted by molar-refractivity contribution is 7.91. The smallest absolute Gasteiger partial charge is 0.208 e. The minimum Gasteiger partial charge on any atom is -0.289 e. The number of ketones is 1. The van der Waals surface area contributed by atoms with E-state index in [0.29, 0.717) is 16.5 Å². The number of nitrogens with zero attached hydrogens (tertiary/aromatic N) is 1. The average Bonchev–Trinajstić information content (AvgIpc) is 2.74. The van der Waals surface area contributed by atoms with E-state index in [-0.39, 0.29) is 21.1 Å². The lowest BCUT2D eigenvalue weighted by molar-refractivity contribution is 0.103. The molecule has 0 saturated heterocycles. The number of sulfone groups is 1. The molecule has 0 atom stereocenters. The highest BCUT2D eigenvalue weighted by atomic mass is 32.2. The van der Waals surface area contributed by atoms with Gasteiger partial charge in [-0.1, -0.05) is 54.1 Å². The topological polar surface area (TPSA) is 64.1 Å². The molecule has 0 N–H and O–H groups in total. The number of hydrogen-bond acceptors (Lipinski definition) is 4. The first-order chi connectivity index (χ1) is 14.3. The van der Waals surface area contributed by atoms with Crippen molar-refractivity contribution >= 4 is 26.5 Å². The maximum atomic E-state index is 13.7. The van der Waals surface area contributed by atoms with Gasteiger partial charge in [-0.25, -0.2) is 8.42 Å². The van der Waals surface area contributed by atoms with Gasteiger partial charge in [0.1, 0.15) is 0 Å². The summed E-state index contributed by atoms with van der Waals surface area (Å²) in [5.41, 5.74) is 3.93. The molecule has 4 nitrogen and oxygen atoms in total. The molecule has 0 saturated carbocycles. The molecule has 4 aromatic rings. The molecule has 0 spiro atoms. The molecule has 0 aliphatic heterocycles. The fourth-order valence-corrected chi connectivity index (χ4v) is 5.14. The second-order valence-electron chi connectivity index (χ2n) is 7.46. The summed E-state index contributed by atoms with van der Waals surface area (Å²) in [7, 11) is -3.96. The van der Waals surface area contributed by atoms with E-state index in [4.69, 9.17) is 0 Å². The Morgan fingerprint density at radius 3 is 2.23 bits per heavy atom. The predicted molar refractivity (Wildman–Crippen MR) is 118 cm³/mol. The number of hydrogen-bond donors (Lipinski definition) is 0. The summed E-state index contributed by atoms with van der Waals surface area (Å²) in [5, 5.41) is 0.439. The van der Waals surface area contributed by atoms with Crippen LogP contribution in [0.5, 0.6) is 0 Å². The fourth-order valence-electron chi connectivity index (χ4n) is 3.43. The molecule has 0 radical (unpaired) electrons. The van der Waals surface area contributed by atoms with E-state index >= 15 is 0 Å². The number of carbonyl (C=O) groups excluding carboxylic acids is 1. The number of aryl methyl sites for hydroxylation is 3. The van der Waals surface area contributed by atoms with Crippen LogP contribution in [0.3, 0.4) is 0 Å². The van der Waals surface area contributed by atoms with Gasteiger partial charge in [0.15, 0.2) is 5.78 Å². The van der Waals surface area contributed by atoms with Crippen molar-refractivity contribution in [3.63, 3.8) is 0 Å². The molecule has 150 valence electrons. The Morgan fingerprint density at radius 1 is 0.833 bits per heavy atom. The predicted octanol–water partition coefficient (Wildman–Crippen LogP) is 5.22. The van der Waals surface area contributed by atoms with Gasteiger partial charge in [0, 0.05) is 17.1 Å². The SMILES string of the molecule is Cc1ccc(C(=O)c2cnc3ccccc3c2S(=O)(=O)c2ccc(C)c(C)c2)cc1. The van der Waals surface area contributed by atoms with E-state index in [1.807, 2.05) is 32.9 Å². The number of pyridine rings is 1. The highest BCUT2D eigenvalue weighted by Gasteiger charge is 2.28. The molecule has 30 heavy (non-hydrogen) atoms. The summed E-state index contributed by atoms with van der Waals surface area (Å²) in [6.07, 6.45) is 1.37. The molecule has 0 aliphatic carbocycles. The lowest BCUT2D eigenvalue weighted by atomic mass is 10.0. The number of rotatable bonds is 4. The molecule has 0 unspecified atom stereocenters. The zero-order valence-electron chi connectivity index (χ0n) is 17.0. The summed E-state index contributed by atoms with van der Waals surface area (Å²) in [6.45, 7) is 5.73. The Morgan fingerprint density at radius 2 is 1.53 bits per heavy atom. The Balaban J connectivity index is 2.01. The Kier molecular flexibility index (Phi) is 5.00. The quantitative estimate of drug-likeness (QED) is 0.429. The zero-order chi connectivity index (χ0) is 21.5. The maximum Gasteiger partial charge on any atom is 0.208 e. The van der Waals surface area contributed by atoms with Gasteiger partial charge in [-0.05, 0) is 50.1 Å². The molecular formula is C25H21NO3S. The third-order valence-corrected chi connectivity index (χ3v) is 7.19. The van der Waals surface area contributed by atoms with Crippen LogP contribution in [0.25, 0.3) is 10.9 Å². The van der Waals surface area contributed by atoms with Crippen LogP contribution in [0.2, 0.25) is 0 Å². The lowest BCUT2D eigenvalue weighted by Crippen LogP contribution is -2.13. The maximum absolute atomic E-state index is 13.7. The van der Waals surface area contributed by atoms with Crippen molar-refractivity contribution in [1.29, 1.82) is 0 Å². The molecule has 1 aromatic heterocycles. The van der Waals surface area contributed by atoms with Crippen molar-refractivity contribution in [1.82, 2.24) is 4.98 Å². The van der Waals surface area contributed by atoms with Crippen LogP contribution in [0.4, 0.5) is 0 Å². The number of fused-ring (bicyclic) bond motifs is 1. The first-order valence-electron chi connectivity index (χ1n) is 9.60. The van der Waals surface area contributed by atoms with Gasteiger partial charge in [-0.2, -0.15) is 0 Å². The molecule has 1 heterocycles. The van der Waals surface area contributed by atoms with Crippen molar-refractivity contribution in [3.05, 3.63) is 101 Å². The second kappa shape index (κ2) is 7.50. The minimum atomic E-state index is -3.96.